The van der Waals surface area contributed by atoms with Crippen LogP contribution in [0.5, 0.6) is 0 Å². The molecular formula is C9H12N2O. The molecule has 0 atom stereocenters. The number of rotatable bonds is 1. The van der Waals surface area contributed by atoms with Crippen molar-refractivity contribution in [2.45, 2.75) is 26.2 Å². The topological polar surface area (TPSA) is 34.9 Å². The molecule has 0 radical (unpaired) electrons. The maximum Gasteiger partial charge on any atom is 0.237 e. The van der Waals surface area contributed by atoms with E-state index in [1.165, 1.54) is 6.42 Å². The van der Waals surface area contributed by atoms with E-state index in [0.717, 1.165) is 12.8 Å². The van der Waals surface area contributed by atoms with E-state index >= 15 is 0 Å². The van der Waals surface area contributed by atoms with Crippen molar-refractivity contribution >= 4 is 5.91 Å². The summed E-state index contributed by atoms with van der Waals surface area (Å²) in [5, 5.41) is 0. The summed E-state index contributed by atoms with van der Waals surface area (Å²) < 4.78 is 1.58. The summed E-state index contributed by atoms with van der Waals surface area (Å²) in [7, 11) is 0. The van der Waals surface area contributed by atoms with Crippen LogP contribution in [0, 0.1) is 5.41 Å². The van der Waals surface area contributed by atoms with E-state index in [9.17, 15) is 4.79 Å². The zero-order valence-electron chi connectivity index (χ0n) is 7.16. The van der Waals surface area contributed by atoms with Crippen LogP contribution < -0.4 is 0 Å². The van der Waals surface area contributed by atoms with Gasteiger partial charge in [-0.05, 0) is 12.8 Å². The third-order valence-electron chi connectivity index (χ3n) is 2.71. The molecule has 1 aromatic rings. The first kappa shape index (κ1) is 7.53. The Bertz CT molecular complexity index is 285. The van der Waals surface area contributed by atoms with E-state index < -0.39 is 0 Å². The fraction of sp³-hybridized carbons (Fsp3) is 0.556. The molecule has 1 fully saturated rings. The molecule has 0 saturated heterocycles. The molecule has 3 nitrogen and oxygen atoms in total. The van der Waals surface area contributed by atoms with Crippen molar-refractivity contribution < 1.29 is 4.79 Å². The molecule has 12 heavy (non-hydrogen) atoms. The largest absolute Gasteiger partial charge is 0.276 e. The average Bonchev–Trinajstić information content (AvgIpc) is 2.50. The summed E-state index contributed by atoms with van der Waals surface area (Å²) in [6.07, 6.45) is 8.14. The monoisotopic (exact) mass is 164 g/mol. The van der Waals surface area contributed by atoms with Crippen molar-refractivity contribution in [2.75, 3.05) is 0 Å². The van der Waals surface area contributed by atoms with E-state index in [-0.39, 0.29) is 11.3 Å². The summed E-state index contributed by atoms with van der Waals surface area (Å²) in [6.45, 7) is 2.03. The highest BCUT2D eigenvalue weighted by Crippen LogP contribution is 2.41. The van der Waals surface area contributed by atoms with Gasteiger partial charge in [-0.25, -0.2) is 4.98 Å². The second-order valence-electron chi connectivity index (χ2n) is 3.69. The Balaban J connectivity index is 2.20. The van der Waals surface area contributed by atoms with Gasteiger partial charge < -0.3 is 0 Å². The predicted octanol–water partition coefficient (Wildman–Crippen LogP) is 1.71. The SMILES string of the molecule is CC1(C(=O)n2ccnc2)CCC1. The normalized spacial score (nSPS) is 20.1. The highest BCUT2D eigenvalue weighted by molar-refractivity contribution is 5.85. The molecule has 1 aliphatic carbocycles. The summed E-state index contributed by atoms with van der Waals surface area (Å²) in [6, 6.07) is 0. The first-order valence-electron chi connectivity index (χ1n) is 4.25. The van der Waals surface area contributed by atoms with Crippen LogP contribution in [0.4, 0.5) is 0 Å². The van der Waals surface area contributed by atoms with E-state index in [0.29, 0.717) is 0 Å². The van der Waals surface area contributed by atoms with E-state index in [1.807, 2.05) is 6.92 Å². The van der Waals surface area contributed by atoms with Crippen molar-refractivity contribution in [3.63, 3.8) is 0 Å². The minimum atomic E-state index is -0.110. The van der Waals surface area contributed by atoms with Gasteiger partial charge in [0.2, 0.25) is 5.91 Å². The number of nitrogens with zero attached hydrogens (tertiary/aromatic N) is 2. The molecule has 3 heteroatoms. The maximum absolute atomic E-state index is 11.7. The van der Waals surface area contributed by atoms with Gasteiger partial charge in [-0.15, -0.1) is 0 Å². The van der Waals surface area contributed by atoms with Gasteiger partial charge in [0.05, 0.1) is 0 Å². The molecule has 0 spiro atoms. The van der Waals surface area contributed by atoms with E-state index in [4.69, 9.17) is 0 Å². The zero-order chi connectivity index (χ0) is 8.60. The second kappa shape index (κ2) is 2.44. The predicted molar refractivity (Wildman–Crippen MR) is 44.8 cm³/mol. The Morgan fingerprint density at radius 1 is 1.58 bits per heavy atom. The standard InChI is InChI=1S/C9H12N2O/c1-9(3-2-4-9)8(12)11-6-5-10-7-11/h5-7H,2-4H2,1H3. The second-order valence-corrected chi connectivity index (χ2v) is 3.69. The van der Waals surface area contributed by atoms with Crippen LogP contribution in [0.3, 0.4) is 0 Å². The molecule has 0 unspecified atom stereocenters. The fourth-order valence-corrected chi connectivity index (χ4v) is 1.61. The van der Waals surface area contributed by atoms with Crippen LogP contribution >= 0.6 is 0 Å². The Morgan fingerprint density at radius 3 is 2.75 bits per heavy atom. The van der Waals surface area contributed by atoms with Crippen molar-refractivity contribution in [1.29, 1.82) is 0 Å². The maximum atomic E-state index is 11.7. The van der Waals surface area contributed by atoms with Crippen LogP contribution in [0.1, 0.15) is 31.0 Å². The average molecular weight is 164 g/mol. The molecule has 1 aromatic heterocycles. The number of hydrogen-bond acceptors (Lipinski definition) is 2. The van der Waals surface area contributed by atoms with E-state index in [2.05, 4.69) is 4.98 Å². The Kier molecular flexibility index (Phi) is 1.53. The van der Waals surface area contributed by atoms with Gasteiger partial charge in [-0.3, -0.25) is 9.36 Å². The van der Waals surface area contributed by atoms with Crippen LogP contribution in [0.15, 0.2) is 18.7 Å². The molecule has 1 saturated carbocycles. The zero-order valence-corrected chi connectivity index (χ0v) is 7.16. The number of aromatic nitrogens is 2. The summed E-state index contributed by atoms with van der Waals surface area (Å²) in [4.78, 5) is 15.6. The highest BCUT2D eigenvalue weighted by atomic mass is 16.2. The van der Waals surface area contributed by atoms with Crippen LogP contribution in [0.25, 0.3) is 0 Å². The lowest BCUT2D eigenvalue weighted by molar-refractivity contribution is 0.0563. The van der Waals surface area contributed by atoms with Crippen LogP contribution in [0.2, 0.25) is 0 Å². The molecule has 0 N–H and O–H groups in total. The minimum Gasteiger partial charge on any atom is -0.276 e. The molecule has 0 bridgehead atoms. The van der Waals surface area contributed by atoms with Crippen LogP contribution in [-0.2, 0) is 0 Å². The van der Waals surface area contributed by atoms with Crippen molar-refractivity contribution in [1.82, 2.24) is 9.55 Å². The summed E-state index contributed by atoms with van der Waals surface area (Å²) >= 11 is 0. The Hall–Kier alpha value is -1.12. The van der Waals surface area contributed by atoms with Gasteiger partial charge >= 0.3 is 0 Å². The Morgan fingerprint density at radius 2 is 2.33 bits per heavy atom. The quantitative estimate of drug-likeness (QED) is 0.633. The summed E-state index contributed by atoms with van der Waals surface area (Å²) in [5.74, 6) is 0.186. The lowest BCUT2D eigenvalue weighted by atomic mass is 9.70. The first-order valence-corrected chi connectivity index (χ1v) is 4.25. The third-order valence-corrected chi connectivity index (χ3v) is 2.71. The smallest absolute Gasteiger partial charge is 0.237 e. The molecule has 0 aromatic carbocycles. The molecule has 1 heterocycles. The van der Waals surface area contributed by atoms with E-state index in [1.54, 1.807) is 23.3 Å². The van der Waals surface area contributed by atoms with Gasteiger partial charge in [0.1, 0.15) is 6.33 Å². The van der Waals surface area contributed by atoms with Crippen LogP contribution in [-0.4, -0.2) is 15.5 Å². The van der Waals surface area contributed by atoms with Gasteiger partial charge in [-0.2, -0.15) is 0 Å². The molecule has 64 valence electrons. The molecule has 1 aliphatic rings. The van der Waals surface area contributed by atoms with Crippen molar-refractivity contribution in [3.8, 4) is 0 Å². The first-order chi connectivity index (χ1) is 5.72. The number of hydrogen-bond donors (Lipinski definition) is 0. The number of carbonyl (C=O) groups excluding carboxylic acids is 1. The highest BCUT2D eigenvalue weighted by Gasteiger charge is 2.39. The minimum absolute atomic E-state index is 0.110. The molecular weight excluding hydrogens is 152 g/mol. The summed E-state index contributed by atoms with van der Waals surface area (Å²) in [5.41, 5.74) is -0.110. The lowest BCUT2D eigenvalue weighted by Gasteiger charge is -2.36. The number of carbonyl (C=O) groups is 1. The van der Waals surface area contributed by atoms with Gasteiger partial charge in [0, 0.05) is 17.8 Å². The third kappa shape index (κ3) is 0.967. The lowest BCUT2D eigenvalue weighted by Crippen LogP contribution is -2.37. The number of imidazole rings is 1. The van der Waals surface area contributed by atoms with Gasteiger partial charge in [-0.1, -0.05) is 13.3 Å². The molecule has 2 rings (SSSR count). The van der Waals surface area contributed by atoms with Gasteiger partial charge in [0.15, 0.2) is 0 Å². The Labute approximate surface area is 71.4 Å². The van der Waals surface area contributed by atoms with Gasteiger partial charge in [0.25, 0.3) is 0 Å². The van der Waals surface area contributed by atoms with Crippen molar-refractivity contribution in [3.05, 3.63) is 18.7 Å². The molecule has 0 aliphatic heterocycles. The molecule has 0 amide bonds. The fourth-order valence-electron chi connectivity index (χ4n) is 1.61. The van der Waals surface area contributed by atoms with Crippen molar-refractivity contribution in [2.24, 2.45) is 5.41 Å².